The second-order valence-corrected chi connectivity index (χ2v) is 8.42. The van der Waals surface area contributed by atoms with Crippen LogP contribution in [0.15, 0.2) is 24.0 Å². The molecule has 2 aliphatic rings. The predicted molar refractivity (Wildman–Crippen MR) is 121 cm³/mol. The van der Waals surface area contributed by atoms with Crippen LogP contribution in [0.2, 0.25) is 0 Å². The highest BCUT2D eigenvalue weighted by molar-refractivity contribution is 6.16. The second kappa shape index (κ2) is 8.74. The number of Topliss-reactive ketones (excluding diaryl/α,β-unsaturated/α-hetero) is 1. The van der Waals surface area contributed by atoms with E-state index in [2.05, 4.69) is 18.7 Å². The Labute approximate surface area is 188 Å². The second-order valence-electron chi connectivity index (χ2n) is 8.42. The van der Waals surface area contributed by atoms with E-state index in [1.165, 1.54) is 0 Å². The van der Waals surface area contributed by atoms with Gasteiger partial charge in [-0.05, 0) is 42.7 Å². The Bertz CT molecular complexity index is 1090. The molecule has 7 nitrogen and oxygen atoms in total. The summed E-state index contributed by atoms with van der Waals surface area (Å²) >= 11 is 0. The van der Waals surface area contributed by atoms with Crippen LogP contribution < -0.4 is 23.7 Å². The SMILES string of the molecule is COc1ccc(/C=C2\Oc3c4c(cc(C)c3C2=O)OCN(CC(C)C)C4)c(OC)c1OC. The van der Waals surface area contributed by atoms with E-state index in [0.717, 1.165) is 23.4 Å². The molecule has 0 amide bonds. The first-order valence-electron chi connectivity index (χ1n) is 10.6. The normalized spacial score (nSPS) is 16.5. The molecule has 2 aliphatic heterocycles. The molecule has 0 aliphatic carbocycles. The first kappa shape index (κ1) is 22.0. The van der Waals surface area contributed by atoms with Crippen LogP contribution in [0.25, 0.3) is 6.08 Å². The molecule has 0 bridgehead atoms. The van der Waals surface area contributed by atoms with Crippen molar-refractivity contribution in [2.24, 2.45) is 5.92 Å². The van der Waals surface area contributed by atoms with Gasteiger partial charge in [-0.3, -0.25) is 9.69 Å². The standard InChI is InChI=1S/C25H29NO6/c1-14(2)11-26-12-17-19(31-13-26)9-15(3)21-22(27)20(32-24(17)21)10-16-7-8-18(28-4)25(30-6)23(16)29-5/h7-10,14H,11-13H2,1-6H3/b20-10-. The third kappa shape index (κ3) is 3.77. The zero-order valence-corrected chi connectivity index (χ0v) is 19.4. The van der Waals surface area contributed by atoms with Crippen LogP contribution in [0.4, 0.5) is 0 Å². The first-order chi connectivity index (χ1) is 15.4. The van der Waals surface area contributed by atoms with Gasteiger partial charge in [-0.15, -0.1) is 0 Å². The summed E-state index contributed by atoms with van der Waals surface area (Å²) in [6, 6.07) is 5.51. The molecular weight excluding hydrogens is 410 g/mol. The fourth-order valence-electron chi connectivity index (χ4n) is 4.29. The van der Waals surface area contributed by atoms with Gasteiger partial charge in [0.1, 0.15) is 18.2 Å². The van der Waals surface area contributed by atoms with Crippen molar-refractivity contribution in [1.29, 1.82) is 0 Å². The van der Waals surface area contributed by atoms with Gasteiger partial charge in [0.25, 0.3) is 0 Å². The number of ether oxygens (including phenoxy) is 5. The molecule has 0 aromatic heterocycles. The number of rotatable bonds is 6. The number of fused-ring (bicyclic) bond motifs is 3. The number of allylic oxidation sites excluding steroid dienone is 1. The lowest BCUT2D eigenvalue weighted by Crippen LogP contribution is -2.35. The van der Waals surface area contributed by atoms with Crippen molar-refractivity contribution in [1.82, 2.24) is 4.90 Å². The average molecular weight is 440 g/mol. The smallest absolute Gasteiger partial charge is 0.232 e. The highest BCUT2D eigenvalue weighted by Gasteiger charge is 2.35. The maximum Gasteiger partial charge on any atom is 0.232 e. The number of nitrogens with zero attached hydrogens (tertiary/aromatic N) is 1. The van der Waals surface area contributed by atoms with E-state index in [1.54, 1.807) is 33.5 Å². The molecule has 0 fully saturated rings. The molecule has 170 valence electrons. The summed E-state index contributed by atoms with van der Waals surface area (Å²) in [7, 11) is 4.65. The van der Waals surface area contributed by atoms with E-state index in [1.807, 2.05) is 19.1 Å². The van der Waals surface area contributed by atoms with Crippen LogP contribution in [0.1, 0.15) is 40.9 Å². The summed E-state index contributed by atoms with van der Waals surface area (Å²) in [5.41, 5.74) is 2.99. The molecular formula is C25H29NO6. The Morgan fingerprint density at radius 3 is 2.53 bits per heavy atom. The monoisotopic (exact) mass is 439 g/mol. The summed E-state index contributed by atoms with van der Waals surface area (Å²) < 4.78 is 28.5. The minimum absolute atomic E-state index is 0.155. The summed E-state index contributed by atoms with van der Waals surface area (Å²) in [5, 5.41) is 0. The number of carbonyl (C=O) groups is 1. The van der Waals surface area contributed by atoms with Crippen molar-refractivity contribution in [2.75, 3.05) is 34.6 Å². The summed E-state index contributed by atoms with van der Waals surface area (Å²) in [5.74, 6) is 3.43. The van der Waals surface area contributed by atoms with E-state index in [9.17, 15) is 4.79 Å². The molecule has 32 heavy (non-hydrogen) atoms. The van der Waals surface area contributed by atoms with Gasteiger partial charge in [-0.1, -0.05) is 13.8 Å². The number of benzene rings is 2. The largest absolute Gasteiger partial charge is 0.493 e. The molecule has 2 heterocycles. The van der Waals surface area contributed by atoms with Crippen molar-refractivity contribution in [3.05, 3.63) is 46.2 Å². The first-order valence-corrected chi connectivity index (χ1v) is 10.6. The van der Waals surface area contributed by atoms with Crippen molar-refractivity contribution in [2.45, 2.75) is 27.3 Å². The molecule has 0 spiro atoms. The van der Waals surface area contributed by atoms with Gasteiger partial charge in [0.15, 0.2) is 17.3 Å². The Kier molecular flexibility index (Phi) is 6.02. The fourth-order valence-corrected chi connectivity index (χ4v) is 4.29. The van der Waals surface area contributed by atoms with Gasteiger partial charge in [0.05, 0.1) is 32.5 Å². The Morgan fingerprint density at radius 1 is 1.12 bits per heavy atom. The lowest BCUT2D eigenvalue weighted by Gasteiger charge is -2.31. The molecule has 0 saturated carbocycles. The maximum atomic E-state index is 13.3. The third-order valence-electron chi connectivity index (χ3n) is 5.63. The number of ketones is 1. The summed E-state index contributed by atoms with van der Waals surface area (Å²) in [6.45, 7) is 8.37. The van der Waals surface area contributed by atoms with E-state index in [0.29, 0.717) is 53.3 Å². The van der Waals surface area contributed by atoms with Crippen molar-refractivity contribution in [3.63, 3.8) is 0 Å². The van der Waals surface area contributed by atoms with Crippen molar-refractivity contribution in [3.8, 4) is 28.7 Å². The Morgan fingerprint density at radius 2 is 1.88 bits per heavy atom. The lowest BCUT2D eigenvalue weighted by molar-refractivity contribution is 0.0831. The average Bonchev–Trinajstić information content (AvgIpc) is 3.10. The quantitative estimate of drug-likeness (QED) is 0.616. The van der Waals surface area contributed by atoms with Crippen molar-refractivity contribution >= 4 is 11.9 Å². The maximum absolute atomic E-state index is 13.3. The molecule has 0 radical (unpaired) electrons. The zero-order valence-electron chi connectivity index (χ0n) is 19.4. The zero-order chi connectivity index (χ0) is 23.0. The Balaban J connectivity index is 1.75. The number of hydrogen-bond donors (Lipinski definition) is 0. The number of aryl methyl sites for hydroxylation is 1. The van der Waals surface area contributed by atoms with Crippen molar-refractivity contribution < 1.29 is 28.5 Å². The van der Waals surface area contributed by atoms with Gasteiger partial charge in [-0.2, -0.15) is 0 Å². The number of hydrogen-bond acceptors (Lipinski definition) is 7. The van der Waals surface area contributed by atoms with Gasteiger partial charge >= 0.3 is 0 Å². The fraction of sp³-hybridized carbons (Fsp3) is 0.400. The number of methoxy groups -OCH3 is 3. The minimum atomic E-state index is -0.155. The summed E-state index contributed by atoms with van der Waals surface area (Å²) in [4.78, 5) is 15.5. The van der Waals surface area contributed by atoms with E-state index >= 15 is 0 Å². The minimum Gasteiger partial charge on any atom is -0.493 e. The van der Waals surface area contributed by atoms with Gasteiger partial charge in [0, 0.05) is 18.7 Å². The predicted octanol–water partition coefficient (Wildman–Crippen LogP) is 4.44. The van der Waals surface area contributed by atoms with Crippen LogP contribution in [0.3, 0.4) is 0 Å². The van der Waals surface area contributed by atoms with Crippen LogP contribution in [-0.4, -0.2) is 45.3 Å². The van der Waals surface area contributed by atoms with Gasteiger partial charge in [0.2, 0.25) is 11.5 Å². The molecule has 0 unspecified atom stereocenters. The molecule has 0 N–H and O–H groups in total. The van der Waals surface area contributed by atoms with E-state index in [4.69, 9.17) is 23.7 Å². The molecule has 4 rings (SSSR count). The van der Waals surface area contributed by atoms with Gasteiger partial charge < -0.3 is 23.7 Å². The van der Waals surface area contributed by atoms with Crippen LogP contribution >= 0.6 is 0 Å². The summed E-state index contributed by atoms with van der Waals surface area (Å²) in [6.07, 6.45) is 1.69. The molecule has 2 aromatic carbocycles. The Hall–Kier alpha value is -3.19. The molecule has 0 saturated heterocycles. The third-order valence-corrected chi connectivity index (χ3v) is 5.63. The molecule has 2 aromatic rings. The molecule has 7 heteroatoms. The molecule has 0 atom stereocenters. The highest BCUT2D eigenvalue weighted by Crippen LogP contribution is 2.45. The van der Waals surface area contributed by atoms with Crippen LogP contribution in [0, 0.1) is 12.8 Å². The highest BCUT2D eigenvalue weighted by atomic mass is 16.5. The topological polar surface area (TPSA) is 66.5 Å². The van der Waals surface area contributed by atoms with Gasteiger partial charge in [-0.25, -0.2) is 0 Å². The van der Waals surface area contributed by atoms with Crippen LogP contribution in [-0.2, 0) is 6.54 Å². The van der Waals surface area contributed by atoms with Crippen LogP contribution in [0.5, 0.6) is 28.7 Å². The van der Waals surface area contributed by atoms with E-state index < -0.39 is 0 Å². The van der Waals surface area contributed by atoms with E-state index in [-0.39, 0.29) is 11.5 Å². The number of carbonyl (C=O) groups excluding carboxylic acids is 1. The lowest BCUT2D eigenvalue weighted by atomic mass is 9.98.